The van der Waals surface area contributed by atoms with E-state index >= 15 is 0 Å². The molecule has 0 aliphatic carbocycles. The Labute approximate surface area is 144 Å². The zero-order chi connectivity index (χ0) is 18.0. The minimum Gasteiger partial charge on any atom is -0.347 e. The normalized spacial score (nSPS) is 20.4. The maximum Gasteiger partial charge on any atom is 0.282 e. The Kier molecular flexibility index (Phi) is 4.76. The third-order valence-electron chi connectivity index (χ3n) is 4.52. The number of rotatable bonds is 4. The highest BCUT2D eigenvalue weighted by molar-refractivity contribution is 5.98. The van der Waals surface area contributed by atoms with Crippen LogP contribution in [0.5, 0.6) is 0 Å². The molecule has 2 aromatic rings. The number of nitrogens with zero attached hydrogens (tertiary/aromatic N) is 2. The van der Waals surface area contributed by atoms with Gasteiger partial charge in [-0.1, -0.05) is 24.3 Å². The summed E-state index contributed by atoms with van der Waals surface area (Å²) in [7, 11) is 1.94. The van der Waals surface area contributed by atoms with E-state index in [2.05, 4.69) is 10.2 Å². The van der Waals surface area contributed by atoms with Crippen molar-refractivity contribution in [2.45, 2.75) is 18.5 Å². The molecule has 6 nitrogen and oxygen atoms in total. The number of nitro benzene ring substituents is 1. The lowest BCUT2D eigenvalue weighted by molar-refractivity contribution is -0.385. The molecule has 3 rings (SSSR count). The number of carbonyl (C=O) groups is 1. The van der Waals surface area contributed by atoms with E-state index in [0.29, 0.717) is 6.42 Å². The van der Waals surface area contributed by atoms with E-state index in [0.717, 1.165) is 12.1 Å². The van der Waals surface area contributed by atoms with Crippen LogP contribution in [0.15, 0.2) is 48.5 Å². The van der Waals surface area contributed by atoms with Crippen LogP contribution in [0.1, 0.15) is 28.4 Å². The molecule has 0 unspecified atom stereocenters. The minimum atomic E-state index is -0.562. The number of carbonyl (C=O) groups excluding carboxylic acids is 1. The van der Waals surface area contributed by atoms with Gasteiger partial charge in [0.05, 0.1) is 17.0 Å². The van der Waals surface area contributed by atoms with Gasteiger partial charge in [-0.25, -0.2) is 4.39 Å². The fraction of sp³-hybridized carbons (Fsp3) is 0.278. The molecule has 1 heterocycles. The van der Waals surface area contributed by atoms with Gasteiger partial charge in [0.1, 0.15) is 11.4 Å². The maximum absolute atomic E-state index is 13.2. The van der Waals surface area contributed by atoms with Gasteiger partial charge in [0.25, 0.3) is 11.6 Å². The molecule has 1 fully saturated rings. The monoisotopic (exact) mass is 343 g/mol. The highest BCUT2D eigenvalue weighted by Crippen LogP contribution is 2.31. The lowest BCUT2D eigenvalue weighted by atomic mass is 9.99. The summed E-state index contributed by atoms with van der Waals surface area (Å²) < 4.78 is 13.2. The van der Waals surface area contributed by atoms with Crippen molar-refractivity contribution in [2.24, 2.45) is 0 Å². The van der Waals surface area contributed by atoms with E-state index in [1.54, 1.807) is 18.2 Å². The zero-order valence-electron chi connectivity index (χ0n) is 13.7. The van der Waals surface area contributed by atoms with Gasteiger partial charge >= 0.3 is 0 Å². The summed E-state index contributed by atoms with van der Waals surface area (Å²) in [4.78, 5) is 25.2. The molecule has 1 saturated heterocycles. The SMILES string of the molecule is CN1CC[C@H](NC(=O)c2ccccc2[N+](=O)[O-])[C@H]1c1ccc(F)cc1. The molecule has 7 heteroatoms. The summed E-state index contributed by atoms with van der Waals surface area (Å²) in [5, 5.41) is 14.0. The van der Waals surface area contributed by atoms with Crippen molar-refractivity contribution in [2.75, 3.05) is 13.6 Å². The Hall–Kier alpha value is -2.80. The minimum absolute atomic E-state index is 0.0416. The van der Waals surface area contributed by atoms with Gasteiger partial charge < -0.3 is 5.32 Å². The molecule has 1 aliphatic heterocycles. The van der Waals surface area contributed by atoms with Gasteiger partial charge in [-0.2, -0.15) is 0 Å². The van der Waals surface area contributed by atoms with Gasteiger partial charge in [0, 0.05) is 12.6 Å². The highest BCUT2D eigenvalue weighted by Gasteiger charge is 2.35. The average Bonchev–Trinajstić information content (AvgIpc) is 2.96. The lowest BCUT2D eigenvalue weighted by Crippen LogP contribution is -2.39. The fourth-order valence-corrected chi connectivity index (χ4v) is 3.32. The van der Waals surface area contributed by atoms with Crippen molar-refractivity contribution in [3.63, 3.8) is 0 Å². The molecule has 1 N–H and O–H groups in total. The van der Waals surface area contributed by atoms with Crippen molar-refractivity contribution in [3.8, 4) is 0 Å². The van der Waals surface area contributed by atoms with Crippen LogP contribution in [-0.4, -0.2) is 35.4 Å². The topological polar surface area (TPSA) is 75.5 Å². The molecule has 1 amide bonds. The number of benzene rings is 2. The fourth-order valence-electron chi connectivity index (χ4n) is 3.32. The zero-order valence-corrected chi connectivity index (χ0v) is 13.7. The number of likely N-dealkylation sites (N-methyl/N-ethyl adjacent to an activating group) is 1. The van der Waals surface area contributed by atoms with Gasteiger partial charge in [0.15, 0.2) is 0 Å². The van der Waals surface area contributed by atoms with Gasteiger partial charge in [0.2, 0.25) is 0 Å². The third-order valence-corrected chi connectivity index (χ3v) is 4.52. The van der Waals surface area contributed by atoms with Crippen molar-refractivity contribution < 1.29 is 14.1 Å². The number of hydrogen-bond acceptors (Lipinski definition) is 4. The predicted octanol–water partition coefficient (Wildman–Crippen LogP) is 2.91. The second kappa shape index (κ2) is 6.98. The first-order chi connectivity index (χ1) is 12.0. The van der Waals surface area contributed by atoms with Crippen LogP contribution in [0.3, 0.4) is 0 Å². The number of halogens is 1. The number of nitro groups is 1. The van der Waals surface area contributed by atoms with Crippen LogP contribution < -0.4 is 5.32 Å². The van der Waals surface area contributed by atoms with Crippen LogP contribution in [-0.2, 0) is 0 Å². The predicted molar refractivity (Wildman–Crippen MR) is 90.7 cm³/mol. The standard InChI is InChI=1S/C18H18FN3O3/c1-21-11-10-15(17(21)12-6-8-13(19)9-7-12)20-18(23)14-4-2-3-5-16(14)22(24)25/h2-9,15,17H,10-11H2,1H3,(H,20,23)/t15-,17+/m0/s1. The largest absolute Gasteiger partial charge is 0.347 e. The summed E-state index contributed by atoms with van der Waals surface area (Å²) in [6, 6.07) is 11.8. The van der Waals surface area contributed by atoms with Crippen molar-refractivity contribution in [1.82, 2.24) is 10.2 Å². The number of para-hydroxylation sites is 1. The first-order valence-electron chi connectivity index (χ1n) is 7.97. The molecule has 0 spiro atoms. The van der Waals surface area contributed by atoms with Crippen molar-refractivity contribution in [1.29, 1.82) is 0 Å². The second-order valence-electron chi connectivity index (χ2n) is 6.12. The van der Waals surface area contributed by atoms with Gasteiger partial charge in [-0.05, 0) is 37.2 Å². The summed E-state index contributed by atoms with van der Waals surface area (Å²) in [5.41, 5.74) is 0.721. The Morgan fingerprint density at radius 2 is 1.92 bits per heavy atom. The van der Waals surface area contributed by atoms with E-state index in [-0.39, 0.29) is 29.2 Å². The van der Waals surface area contributed by atoms with Crippen LogP contribution >= 0.6 is 0 Å². The van der Waals surface area contributed by atoms with Crippen molar-refractivity contribution in [3.05, 3.63) is 75.6 Å². The molecule has 0 bridgehead atoms. The Morgan fingerprint density at radius 3 is 2.60 bits per heavy atom. The number of amides is 1. The van der Waals surface area contributed by atoms with E-state index in [1.165, 1.54) is 30.3 Å². The molecule has 130 valence electrons. The molecular formula is C18H18FN3O3. The van der Waals surface area contributed by atoms with Gasteiger partial charge in [-0.15, -0.1) is 0 Å². The molecule has 2 atom stereocenters. The first kappa shape index (κ1) is 17.0. The smallest absolute Gasteiger partial charge is 0.282 e. The maximum atomic E-state index is 13.2. The quantitative estimate of drug-likeness (QED) is 0.684. The molecular weight excluding hydrogens is 325 g/mol. The number of hydrogen-bond donors (Lipinski definition) is 1. The van der Waals surface area contributed by atoms with E-state index < -0.39 is 10.8 Å². The van der Waals surface area contributed by atoms with E-state index in [9.17, 15) is 19.3 Å². The van der Waals surface area contributed by atoms with Crippen molar-refractivity contribution >= 4 is 11.6 Å². The Balaban J connectivity index is 1.83. The Bertz CT molecular complexity index is 794. The van der Waals surface area contributed by atoms with E-state index in [1.807, 2.05) is 7.05 Å². The summed E-state index contributed by atoms with van der Waals surface area (Å²) in [6.45, 7) is 0.768. The molecule has 0 saturated carbocycles. The second-order valence-corrected chi connectivity index (χ2v) is 6.12. The van der Waals surface area contributed by atoms with Crippen LogP contribution in [0, 0.1) is 15.9 Å². The van der Waals surface area contributed by atoms with Crippen LogP contribution in [0.25, 0.3) is 0 Å². The summed E-state index contributed by atoms with van der Waals surface area (Å²) in [6.07, 6.45) is 0.713. The first-order valence-corrected chi connectivity index (χ1v) is 7.97. The summed E-state index contributed by atoms with van der Waals surface area (Å²) in [5.74, 6) is -0.787. The third kappa shape index (κ3) is 3.51. The molecule has 2 aromatic carbocycles. The highest BCUT2D eigenvalue weighted by atomic mass is 19.1. The molecule has 0 aromatic heterocycles. The van der Waals surface area contributed by atoms with Gasteiger partial charge in [-0.3, -0.25) is 19.8 Å². The lowest BCUT2D eigenvalue weighted by Gasteiger charge is -2.26. The molecule has 25 heavy (non-hydrogen) atoms. The number of likely N-dealkylation sites (tertiary alicyclic amines) is 1. The van der Waals surface area contributed by atoms with E-state index in [4.69, 9.17) is 0 Å². The summed E-state index contributed by atoms with van der Waals surface area (Å²) >= 11 is 0. The molecule has 0 radical (unpaired) electrons. The van der Waals surface area contributed by atoms with Crippen LogP contribution in [0.2, 0.25) is 0 Å². The molecule has 1 aliphatic rings. The van der Waals surface area contributed by atoms with Crippen LogP contribution in [0.4, 0.5) is 10.1 Å². The Morgan fingerprint density at radius 1 is 1.24 bits per heavy atom. The number of nitrogens with one attached hydrogen (secondary N) is 1. The average molecular weight is 343 g/mol.